The highest BCUT2D eigenvalue weighted by atomic mass is 19.4. The summed E-state index contributed by atoms with van der Waals surface area (Å²) in [5.74, 6) is -1.27. The number of alkyl halides is 3. The predicted octanol–water partition coefficient (Wildman–Crippen LogP) is 2.75. The molecule has 1 aliphatic rings. The molecule has 3 nitrogen and oxygen atoms in total. The van der Waals surface area contributed by atoms with Crippen molar-refractivity contribution in [1.82, 2.24) is 0 Å². The second-order valence-electron chi connectivity index (χ2n) is 5.07. The van der Waals surface area contributed by atoms with E-state index in [0.717, 1.165) is 6.92 Å². The lowest BCUT2D eigenvalue weighted by Gasteiger charge is -2.40. The number of benzene rings is 1. The zero-order valence-corrected chi connectivity index (χ0v) is 11.0. The van der Waals surface area contributed by atoms with Crippen LogP contribution in [0.3, 0.4) is 0 Å². The van der Waals surface area contributed by atoms with Gasteiger partial charge in [0.2, 0.25) is 5.60 Å². The summed E-state index contributed by atoms with van der Waals surface area (Å²) >= 11 is 0. The number of nitrogens with zero attached hydrogens (tertiary/aromatic N) is 1. The minimum absolute atomic E-state index is 0.146. The van der Waals surface area contributed by atoms with Crippen LogP contribution in [0.2, 0.25) is 0 Å². The maximum Gasteiger partial charge on any atom is 0.424 e. The van der Waals surface area contributed by atoms with Crippen molar-refractivity contribution < 1.29 is 22.3 Å². The molecule has 0 fully saturated rings. The Morgan fingerprint density at radius 1 is 1.25 bits per heavy atom. The molecule has 2 N–H and O–H groups in total. The van der Waals surface area contributed by atoms with E-state index in [1.54, 1.807) is 6.07 Å². The fourth-order valence-electron chi connectivity index (χ4n) is 2.03. The lowest BCUT2D eigenvalue weighted by molar-refractivity contribution is -0.249. The summed E-state index contributed by atoms with van der Waals surface area (Å²) in [5, 5.41) is 0. The standard InChI is InChI=1S/C13H14F4N2O/c1-11(8-5-3-4-6-9(8)14)7-20-12(2,10(18)19-11)13(15,16)17/h3-6H,7H2,1-2H3,(H2,18,19). The number of ether oxygens (including phenoxy) is 1. The third-order valence-corrected chi connectivity index (χ3v) is 3.49. The van der Waals surface area contributed by atoms with E-state index in [0.29, 0.717) is 0 Å². The third-order valence-electron chi connectivity index (χ3n) is 3.49. The number of aliphatic imine (C=N–C) groups is 1. The molecule has 0 saturated heterocycles. The summed E-state index contributed by atoms with van der Waals surface area (Å²) < 4.78 is 57.6. The Balaban J connectivity index is 2.47. The Labute approximate surface area is 113 Å². The minimum atomic E-state index is -4.68. The number of hydrogen-bond acceptors (Lipinski definition) is 3. The Kier molecular flexibility index (Phi) is 3.28. The molecule has 1 aliphatic heterocycles. The van der Waals surface area contributed by atoms with E-state index in [9.17, 15) is 17.6 Å². The second kappa shape index (κ2) is 4.44. The van der Waals surface area contributed by atoms with E-state index >= 15 is 0 Å². The Hall–Kier alpha value is -1.63. The molecule has 2 unspecified atom stereocenters. The van der Waals surface area contributed by atoms with E-state index < -0.39 is 35.6 Å². The summed E-state index contributed by atoms with van der Waals surface area (Å²) in [6.07, 6.45) is -4.68. The number of nitrogens with two attached hydrogens (primary N) is 1. The van der Waals surface area contributed by atoms with Crippen molar-refractivity contribution in [2.75, 3.05) is 6.61 Å². The maximum absolute atomic E-state index is 13.8. The first-order chi connectivity index (χ1) is 9.10. The Morgan fingerprint density at radius 3 is 2.35 bits per heavy atom. The second-order valence-corrected chi connectivity index (χ2v) is 5.07. The molecule has 0 aromatic heterocycles. The van der Waals surface area contributed by atoms with Crippen LogP contribution in [-0.2, 0) is 10.3 Å². The predicted molar refractivity (Wildman–Crippen MR) is 65.8 cm³/mol. The first kappa shape index (κ1) is 14.8. The molecule has 0 aliphatic carbocycles. The van der Waals surface area contributed by atoms with Crippen molar-refractivity contribution in [3.63, 3.8) is 0 Å². The van der Waals surface area contributed by atoms with E-state index in [2.05, 4.69) is 4.99 Å². The van der Waals surface area contributed by atoms with Crippen molar-refractivity contribution in [3.8, 4) is 0 Å². The van der Waals surface area contributed by atoms with E-state index in [4.69, 9.17) is 10.5 Å². The van der Waals surface area contributed by atoms with Gasteiger partial charge in [0.1, 0.15) is 17.2 Å². The lowest BCUT2D eigenvalue weighted by Crippen LogP contribution is -2.60. The average molecular weight is 290 g/mol. The van der Waals surface area contributed by atoms with Crippen LogP contribution in [0.4, 0.5) is 17.6 Å². The average Bonchev–Trinajstić information content (AvgIpc) is 2.33. The van der Waals surface area contributed by atoms with Gasteiger partial charge in [0.25, 0.3) is 0 Å². The fraction of sp³-hybridized carbons (Fsp3) is 0.462. The first-order valence-corrected chi connectivity index (χ1v) is 5.92. The van der Waals surface area contributed by atoms with Gasteiger partial charge in [-0.3, -0.25) is 4.99 Å². The van der Waals surface area contributed by atoms with Gasteiger partial charge in [0.05, 0.1) is 6.61 Å². The highest BCUT2D eigenvalue weighted by molar-refractivity contribution is 5.90. The van der Waals surface area contributed by atoms with Crippen LogP contribution in [0.1, 0.15) is 19.4 Å². The van der Waals surface area contributed by atoms with Gasteiger partial charge in [-0.15, -0.1) is 0 Å². The highest BCUT2D eigenvalue weighted by Crippen LogP contribution is 2.41. The monoisotopic (exact) mass is 290 g/mol. The van der Waals surface area contributed by atoms with E-state index in [1.165, 1.54) is 25.1 Å². The number of hydrogen-bond donors (Lipinski definition) is 1. The number of halogens is 4. The zero-order chi connectivity index (χ0) is 15.2. The smallest absolute Gasteiger partial charge is 0.385 e. The molecule has 110 valence electrons. The van der Waals surface area contributed by atoms with Crippen molar-refractivity contribution in [2.24, 2.45) is 10.7 Å². The van der Waals surface area contributed by atoms with Gasteiger partial charge in [-0.05, 0) is 19.9 Å². The van der Waals surface area contributed by atoms with Gasteiger partial charge in [-0.1, -0.05) is 18.2 Å². The summed E-state index contributed by atoms with van der Waals surface area (Å²) in [5.41, 5.74) is 1.67. The van der Waals surface area contributed by atoms with Crippen LogP contribution in [-0.4, -0.2) is 24.2 Å². The van der Waals surface area contributed by atoms with Crippen LogP contribution in [0.25, 0.3) is 0 Å². The molecule has 0 saturated carbocycles. The van der Waals surface area contributed by atoms with Crippen molar-refractivity contribution in [1.29, 1.82) is 0 Å². The summed E-state index contributed by atoms with van der Waals surface area (Å²) in [6.45, 7) is 1.88. The molecule has 0 radical (unpaired) electrons. The van der Waals surface area contributed by atoms with Gasteiger partial charge in [0, 0.05) is 5.56 Å². The van der Waals surface area contributed by atoms with E-state index in [-0.39, 0.29) is 5.56 Å². The van der Waals surface area contributed by atoms with Crippen LogP contribution < -0.4 is 5.73 Å². The van der Waals surface area contributed by atoms with Crippen molar-refractivity contribution in [2.45, 2.75) is 31.2 Å². The molecule has 1 aromatic rings. The molecule has 7 heteroatoms. The van der Waals surface area contributed by atoms with Crippen LogP contribution in [0.5, 0.6) is 0 Å². The SMILES string of the molecule is CC1(c2ccccc2F)COC(C)(C(F)(F)F)C(N)=N1. The van der Waals surface area contributed by atoms with Crippen molar-refractivity contribution in [3.05, 3.63) is 35.6 Å². The van der Waals surface area contributed by atoms with Gasteiger partial charge >= 0.3 is 6.18 Å². The Bertz CT molecular complexity index is 558. The minimum Gasteiger partial charge on any atom is -0.385 e. The van der Waals surface area contributed by atoms with E-state index in [1.807, 2.05) is 0 Å². The van der Waals surface area contributed by atoms with Crippen molar-refractivity contribution >= 4 is 5.84 Å². The summed E-state index contributed by atoms with van der Waals surface area (Å²) in [7, 11) is 0. The molecule has 2 atom stereocenters. The van der Waals surface area contributed by atoms with Gasteiger partial charge < -0.3 is 10.5 Å². The Morgan fingerprint density at radius 2 is 1.85 bits per heavy atom. The number of amidine groups is 1. The van der Waals surface area contributed by atoms with Crippen LogP contribution in [0.15, 0.2) is 29.3 Å². The quantitative estimate of drug-likeness (QED) is 0.808. The first-order valence-electron chi connectivity index (χ1n) is 5.92. The molecular weight excluding hydrogens is 276 g/mol. The molecule has 1 aromatic carbocycles. The van der Waals surface area contributed by atoms with Gasteiger partial charge in [0.15, 0.2) is 0 Å². The summed E-state index contributed by atoms with van der Waals surface area (Å²) in [4.78, 5) is 3.87. The third kappa shape index (κ3) is 2.15. The van der Waals surface area contributed by atoms with Crippen LogP contribution >= 0.6 is 0 Å². The highest BCUT2D eigenvalue weighted by Gasteiger charge is 2.59. The molecule has 0 spiro atoms. The fourth-order valence-corrected chi connectivity index (χ4v) is 2.03. The lowest BCUT2D eigenvalue weighted by atomic mass is 9.90. The maximum atomic E-state index is 13.8. The zero-order valence-electron chi connectivity index (χ0n) is 11.0. The topological polar surface area (TPSA) is 47.6 Å². The summed E-state index contributed by atoms with van der Waals surface area (Å²) in [6, 6.07) is 5.72. The van der Waals surface area contributed by atoms with Gasteiger partial charge in [-0.2, -0.15) is 13.2 Å². The van der Waals surface area contributed by atoms with Crippen LogP contribution in [0, 0.1) is 5.82 Å². The molecule has 2 rings (SSSR count). The largest absolute Gasteiger partial charge is 0.424 e. The molecular formula is C13H14F4N2O. The molecule has 1 heterocycles. The van der Waals surface area contributed by atoms with Gasteiger partial charge in [-0.25, -0.2) is 4.39 Å². The number of rotatable bonds is 1. The normalized spacial score (nSPS) is 31.0. The molecule has 0 amide bonds. The molecule has 20 heavy (non-hydrogen) atoms. The molecule has 0 bridgehead atoms.